The van der Waals surface area contributed by atoms with Crippen LogP contribution >= 0.6 is 23.1 Å². The van der Waals surface area contributed by atoms with Crippen LogP contribution in [-0.2, 0) is 17.8 Å². The zero-order chi connectivity index (χ0) is 20.9. The number of pyridine rings is 1. The Balaban J connectivity index is 1.53. The number of hydrogen-bond acceptors (Lipinski definition) is 8. The number of ketones is 1. The van der Waals surface area contributed by atoms with E-state index >= 15 is 0 Å². The number of rotatable bonds is 9. The molecule has 0 atom stereocenters. The Bertz CT molecular complexity index is 1150. The fraction of sp³-hybridized carbons (Fsp3) is 0.150. The van der Waals surface area contributed by atoms with Crippen LogP contribution in [0.3, 0.4) is 0 Å². The monoisotopic (exact) mass is 439 g/mol. The smallest absolute Gasteiger partial charge is 0.222 e. The predicted molar refractivity (Wildman–Crippen MR) is 113 cm³/mol. The van der Waals surface area contributed by atoms with Gasteiger partial charge in [0.1, 0.15) is 5.76 Å². The zero-order valence-corrected chi connectivity index (χ0v) is 17.4. The molecule has 0 aromatic carbocycles. The quantitative estimate of drug-likeness (QED) is 0.315. The molecule has 30 heavy (non-hydrogen) atoms. The van der Waals surface area contributed by atoms with Crippen molar-refractivity contribution in [3.8, 4) is 11.4 Å². The highest BCUT2D eigenvalue weighted by Crippen LogP contribution is 2.26. The van der Waals surface area contributed by atoms with E-state index in [-0.39, 0.29) is 18.0 Å². The van der Waals surface area contributed by atoms with Gasteiger partial charge < -0.3 is 10.2 Å². The zero-order valence-electron chi connectivity index (χ0n) is 15.7. The minimum atomic E-state index is -0.417. The lowest BCUT2D eigenvalue weighted by Crippen LogP contribution is -2.12. The summed E-state index contributed by atoms with van der Waals surface area (Å²) in [6, 6.07) is 10.9. The van der Waals surface area contributed by atoms with Gasteiger partial charge in [0.25, 0.3) is 0 Å². The van der Waals surface area contributed by atoms with Crippen molar-refractivity contribution in [1.29, 1.82) is 0 Å². The number of carbonyl (C=O) groups excluding carboxylic acids is 2. The maximum Gasteiger partial charge on any atom is 0.222 e. The molecule has 0 bridgehead atoms. The Hall–Kier alpha value is -3.24. The largest absolute Gasteiger partial charge is 0.467 e. The third-order valence-corrected chi connectivity index (χ3v) is 6.24. The van der Waals surface area contributed by atoms with Crippen molar-refractivity contribution >= 4 is 34.8 Å². The van der Waals surface area contributed by atoms with E-state index in [4.69, 9.17) is 10.2 Å². The molecule has 10 heteroatoms. The summed E-state index contributed by atoms with van der Waals surface area (Å²) >= 11 is 2.59. The first-order valence-electron chi connectivity index (χ1n) is 8.99. The number of carbonyl (C=O) groups is 2. The Labute approximate surface area is 180 Å². The number of furan rings is 1. The van der Waals surface area contributed by atoms with Crippen LogP contribution in [-0.4, -0.2) is 37.2 Å². The molecule has 4 rings (SSSR count). The molecule has 0 spiro atoms. The van der Waals surface area contributed by atoms with Crippen LogP contribution in [0.1, 0.15) is 20.3 Å². The topological polar surface area (TPSA) is 117 Å². The second-order valence-electron chi connectivity index (χ2n) is 6.33. The fourth-order valence-corrected chi connectivity index (χ4v) is 4.67. The lowest BCUT2D eigenvalue weighted by atomic mass is 10.2. The second-order valence-corrected chi connectivity index (χ2v) is 8.45. The molecule has 0 aliphatic heterocycles. The highest BCUT2D eigenvalue weighted by atomic mass is 32.2. The summed E-state index contributed by atoms with van der Waals surface area (Å²) < 4.78 is 7.38. The van der Waals surface area contributed by atoms with Crippen LogP contribution in [0.5, 0.6) is 0 Å². The van der Waals surface area contributed by atoms with Crippen LogP contribution in [0.4, 0.5) is 0 Å². The third kappa shape index (κ3) is 4.66. The molecule has 0 saturated carbocycles. The molecule has 1 amide bonds. The van der Waals surface area contributed by atoms with E-state index < -0.39 is 5.91 Å². The first-order valence-corrected chi connectivity index (χ1v) is 10.8. The van der Waals surface area contributed by atoms with Gasteiger partial charge in [-0.3, -0.25) is 19.1 Å². The average Bonchev–Trinajstić information content (AvgIpc) is 3.49. The molecular formula is C20H17N5O3S2. The SMILES string of the molecule is NC(=O)Cc1ccc(C(=O)CSc2nnc(-c3cccnc3)n2Cc2ccco2)s1. The van der Waals surface area contributed by atoms with Crippen molar-refractivity contribution in [2.24, 2.45) is 5.73 Å². The molecule has 0 saturated heterocycles. The molecule has 0 fully saturated rings. The van der Waals surface area contributed by atoms with Gasteiger partial charge in [0.05, 0.1) is 29.9 Å². The molecule has 2 N–H and O–H groups in total. The van der Waals surface area contributed by atoms with E-state index in [0.717, 1.165) is 16.2 Å². The number of thioether (sulfide) groups is 1. The Morgan fingerprint density at radius 1 is 1.17 bits per heavy atom. The molecule has 8 nitrogen and oxygen atoms in total. The molecule has 0 radical (unpaired) electrons. The summed E-state index contributed by atoms with van der Waals surface area (Å²) in [4.78, 5) is 29.2. The maximum absolute atomic E-state index is 12.6. The number of nitrogens with zero attached hydrogens (tertiary/aromatic N) is 4. The normalized spacial score (nSPS) is 10.9. The average molecular weight is 440 g/mol. The van der Waals surface area contributed by atoms with Crippen LogP contribution in [0.15, 0.2) is 64.6 Å². The fourth-order valence-electron chi connectivity index (χ4n) is 2.80. The van der Waals surface area contributed by atoms with Gasteiger partial charge in [-0.05, 0) is 36.4 Å². The molecule has 152 valence electrons. The number of thiophene rings is 1. The van der Waals surface area contributed by atoms with E-state index in [1.165, 1.54) is 23.1 Å². The first kappa shape index (κ1) is 20.0. The number of aromatic nitrogens is 4. The standard InChI is InChI=1S/C20H17N5O3S2/c21-18(27)9-15-5-6-17(30-15)16(26)12-29-20-24-23-19(13-3-1-7-22-10-13)25(20)11-14-4-2-8-28-14/h1-8,10H,9,11-12H2,(H2,21,27). The molecule has 4 aromatic rings. The molecule has 0 aliphatic rings. The maximum atomic E-state index is 12.6. The van der Waals surface area contributed by atoms with Gasteiger partial charge in [0.2, 0.25) is 5.91 Å². The Morgan fingerprint density at radius 3 is 2.80 bits per heavy atom. The predicted octanol–water partition coefficient (Wildman–Crippen LogP) is 3.05. The number of hydrogen-bond donors (Lipinski definition) is 1. The van der Waals surface area contributed by atoms with E-state index in [1.54, 1.807) is 30.8 Å². The number of Topliss-reactive ketones (excluding diaryl/α,β-unsaturated/α-hetero) is 1. The summed E-state index contributed by atoms with van der Waals surface area (Å²) in [6.07, 6.45) is 5.16. The van der Waals surface area contributed by atoms with Crippen molar-refractivity contribution in [2.75, 3.05) is 5.75 Å². The molecule has 4 heterocycles. The van der Waals surface area contributed by atoms with Gasteiger partial charge in [0, 0.05) is 22.8 Å². The number of amides is 1. The Kier molecular flexibility index (Phi) is 6.05. The summed E-state index contributed by atoms with van der Waals surface area (Å²) in [6.45, 7) is 0.433. The van der Waals surface area contributed by atoms with Crippen LogP contribution in [0.2, 0.25) is 0 Å². The third-order valence-electron chi connectivity index (χ3n) is 4.15. The molecular weight excluding hydrogens is 422 g/mol. The lowest BCUT2D eigenvalue weighted by Gasteiger charge is -2.08. The van der Waals surface area contributed by atoms with Gasteiger partial charge in [-0.25, -0.2) is 0 Å². The van der Waals surface area contributed by atoms with E-state index in [0.29, 0.717) is 22.4 Å². The van der Waals surface area contributed by atoms with Crippen LogP contribution < -0.4 is 5.73 Å². The minimum Gasteiger partial charge on any atom is -0.467 e. The van der Waals surface area contributed by atoms with Gasteiger partial charge in [-0.15, -0.1) is 21.5 Å². The molecule has 4 aromatic heterocycles. The van der Waals surface area contributed by atoms with Crippen molar-refractivity contribution in [3.05, 3.63) is 70.6 Å². The summed E-state index contributed by atoms with van der Waals surface area (Å²) in [5.74, 6) is 1.13. The molecule has 0 unspecified atom stereocenters. The van der Waals surface area contributed by atoms with Gasteiger partial charge >= 0.3 is 0 Å². The number of nitrogens with two attached hydrogens (primary N) is 1. The van der Waals surface area contributed by atoms with E-state index in [1.807, 2.05) is 28.8 Å². The van der Waals surface area contributed by atoms with Crippen molar-refractivity contribution in [2.45, 2.75) is 18.1 Å². The van der Waals surface area contributed by atoms with Crippen molar-refractivity contribution < 1.29 is 14.0 Å². The van der Waals surface area contributed by atoms with Crippen LogP contribution in [0.25, 0.3) is 11.4 Å². The van der Waals surface area contributed by atoms with Gasteiger partial charge in [0.15, 0.2) is 16.8 Å². The van der Waals surface area contributed by atoms with Gasteiger partial charge in [-0.1, -0.05) is 11.8 Å². The summed E-state index contributed by atoms with van der Waals surface area (Å²) in [7, 11) is 0. The van der Waals surface area contributed by atoms with E-state index in [9.17, 15) is 9.59 Å². The summed E-state index contributed by atoms with van der Waals surface area (Å²) in [5, 5.41) is 9.19. The minimum absolute atomic E-state index is 0.0452. The first-order chi connectivity index (χ1) is 14.6. The number of primary amides is 1. The summed E-state index contributed by atoms with van der Waals surface area (Å²) in [5.41, 5.74) is 6.04. The van der Waals surface area contributed by atoms with Gasteiger partial charge in [-0.2, -0.15) is 0 Å². The van der Waals surface area contributed by atoms with E-state index in [2.05, 4.69) is 15.2 Å². The second kappa shape index (κ2) is 9.06. The Morgan fingerprint density at radius 2 is 2.07 bits per heavy atom. The van der Waals surface area contributed by atoms with Crippen molar-refractivity contribution in [3.63, 3.8) is 0 Å². The van der Waals surface area contributed by atoms with Crippen LogP contribution in [0, 0.1) is 0 Å². The highest BCUT2D eigenvalue weighted by molar-refractivity contribution is 7.99. The molecule has 0 aliphatic carbocycles. The lowest BCUT2D eigenvalue weighted by molar-refractivity contribution is -0.117. The van der Waals surface area contributed by atoms with Crippen molar-refractivity contribution in [1.82, 2.24) is 19.7 Å². The highest BCUT2D eigenvalue weighted by Gasteiger charge is 2.18.